The van der Waals surface area contributed by atoms with E-state index in [2.05, 4.69) is 25.8 Å². The number of hydrogen-bond donors (Lipinski definition) is 2. The third-order valence-electron chi connectivity index (χ3n) is 11.8. The Labute approximate surface area is 372 Å². The lowest BCUT2D eigenvalue weighted by Crippen LogP contribution is -2.08. The van der Waals surface area contributed by atoms with Crippen LogP contribution in [0.25, 0.3) is 11.1 Å². The molecule has 3 rings (SSSR count). The number of phenolic OH excluding ortho intramolecular Hbond substituents is 2. The fraction of sp³-hybridized carbons (Fsp3) is 0.685. The van der Waals surface area contributed by atoms with Gasteiger partial charge in [-0.1, -0.05) is 200 Å². The number of ether oxygens (including phenoxy) is 4. The second-order valence-electron chi connectivity index (χ2n) is 17.4. The normalized spacial score (nSPS) is 11.3. The predicted octanol–water partition coefficient (Wildman–Crippen LogP) is 16.6. The molecule has 0 saturated heterocycles. The largest absolute Gasteiger partial charge is 0.504 e. The van der Waals surface area contributed by atoms with Gasteiger partial charge in [-0.3, -0.25) is 0 Å². The summed E-state index contributed by atoms with van der Waals surface area (Å²) >= 11 is 0. The minimum absolute atomic E-state index is 0.166. The lowest BCUT2D eigenvalue weighted by molar-refractivity contribution is 0.232. The van der Waals surface area contributed by atoms with Crippen LogP contribution in [0.3, 0.4) is 0 Å². The van der Waals surface area contributed by atoms with Gasteiger partial charge in [-0.25, -0.2) is 4.98 Å². The molecule has 2 aromatic carbocycles. The first kappa shape index (κ1) is 51.7. The molecule has 7 nitrogen and oxygen atoms in total. The SMILES string of the molecule is CCCCCCCCCCCCOc1cc(COc2ncccc2-c2ccc(O)c(O)c2)cc(OCCCCCCCCCCCC)c1OCCCCCCCCCCCC. The second-order valence-corrected chi connectivity index (χ2v) is 17.4. The molecule has 7 heteroatoms. The molecule has 0 bridgehead atoms. The van der Waals surface area contributed by atoms with Crippen molar-refractivity contribution in [2.45, 2.75) is 220 Å². The van der Waals surface area contributed by atoms with E-state index in [9.17, 15) is 10.2 Å². The van der Waals surface area contributed by atoms with Crippen LogP contribution in [0, 0.1) is 0 Å². The van der Waals surface area contributed by atoms with E-state index in [1.807, 2.05) is 24.3 Å². The average Bonchev–Trinajstić information content (AvgIpc) is 3.27. The first-order valence-corrected chi connectivity index (χ1v) is 25.2. The predicted molar refractivity (Wildman–Crippen MR) is 256 cm³/mol. The van der Waals surface area contributed by atoms with Crippen LogP contribution in [0.4, 0.5) is 0 Å². The molecule has 0 spiro atoms. The van der Waals surface area contributed by atoms with Crippen LogP contribution in [0.1, 0.15) is 219 Å². The molecule has 0 aliphatic carbocycles. The molecule has 0 aliphatic rings. The van der Waals surface area contributed by atoms with Crippen LogP contribution >= 0.6 is 0 Å². The summed E-state index contributed by atoms with van der Waals surface area (Å²) in [4.78, 5) is 4.54. The number of aromatic hydroxyl groups is 2. The van der Waals surface area contributed by atoms with Crippen LogP contribution in [0.5, 0.6) is 34.6 Å². The highest BCUT2D eigenvalue weighted by Gasteiger charge is 2.18. The fourth-order valence-electron chi connectivity index (χ4n) is 7.95. The molecule has 3 aromatic rings. The van der Waals surface area contributed by atoms with Gasteiger partial charge in [0.05, 0.1) is 19.8 Å². The van der Waals surface area contributed by atoms with Gasteiger partial charge in [0.2, 0.25) is 11.6 Å². The van der Waals surface area contributed by atoms with Gasteiger partial charge in [-0.05, 0) is 66.8 Å². The lowest BCUT2D eigenvalue weighted by Gasteiger charge is -2.19. The average molecular weight is 846 g/mol. The maximum atomic E-state index is 10.2. The number of pyridine rings is 1. The van der Waals surface area contributed by atoms with Gasteiger partial charge in [0.25, 0.3) is 0 Å². The van der Waals surface area contributed by atoms with Crippen molar-refractivity contribution in [3.05, 3.63) is 54.2 Å². The monoisotopic (exact) mass is 846 g/mol. The molecule has 2 N–H and O–H groups in total. The Balaban J connectivity index is 1.70. The number of phenols is 2. The van der Waals surface area contributed by atoms with Crippen molar-refractivity contribution < 1.29 is 29.2 Å². The maximum absolute atomic E-state index is 10.2. The number of aromatic nitrogens is 1. The Kier molecular flexibility index (Phi) is 29.6. The van der Waals surface area contributed by atoms with Gasteiger partial charge in [0.1, 0.15) is 6.61 Å². The van der Waals surface area contributed by atoms with Crippen LogP contribution in [0.2, 0.25) is 0 Å². The highest BCUT2D eigenvalue weighted by Crippen LogP contribution is 2.41. The number of unbranched alkanes of at least 4 members (excludes halogenated alkanes) is 27. The summed E-state index contributed by atoms with van der Waals surface area (Å²) in [6.07, 6.45) is 40.0. The molecule has 0 saturated carbocycles. The quantitative estimate of drug-likeness (QED) is 0.0435. The first-order valence-electron chi connectivity index (χ1n) is 25.2. The molecule has 1 heterocycles. The standard InChI is InChI=1S/C54H87NO6/c1-4-7-10-13-16-19-22-25-28-31-39-58-51-42-46(45-61-54-48(35-34-38-55-54)47-36-37-49(56)50(57)44-47)43-52(59-40-32-29-26-23-20-17-14-11-8-5-2)53(51)60-41-33-30-27-24-21-18-15-12-9-6-3/h34-38,42-44,56-57H,4-33,39-41,45H2,1-3H3. The van der Waals surface area contributed by atoms with Crippen molar-refractivity contribution in [1.29, 1.82) is 0 Å². The van der Waals surface area contributed by atoms with E-state index in [1.54, 1.807) is 12.3 Å². The van der Waals surface area contributed by atoms with Crippen LogP contribution in [-0.2, 0) is 6.61 Å². The summed E-state index contributed by atoms with van der Waals surface area (Å²) in [6, 6.07) is 12.6. The molecule has 0 fully saturated rings. The Hall–Kier alpha value is -3.61. The Morgan fingerprint density at radius 1 is 0.426 bits per heavy atom. The Morgan fingerprint density at radius 3 is 1.26 bits per heavy atom. The van der Waals surface area contributed by atoms with Crippen LogP contribution in [-0.4, -0.2) is 35.0 Å². The minimum Gasteiger partial charge on any atom is -0.504 e. The molecular weight excluding hydrogens is 759 g/mol. The maximum Gasteiger partial charge on any atom is 0.221 e. The van der Waals surface area contributed by atoms with E-state index < -0.39 is 0 Å². The van der Waals surface area contributed by atoms with Crippen molar-refractivity contribution in [2.24, 2.45) is 0 Å². The first-order chi connectivity index (χ1) is 30.1. The van der Waals surface area contributed by atoms with Crippen molar-refractivity contribution in [1.82, 2.24) is 4.98 Å². The third-order valence-corrected chi connectivity index (χ3v) is 11.8. The van der Waals surface area contributed by atoms with Gasteiger partial charge in [0.15, 0.2) is 23.0 Å². The summed E-state index contributed by atoms with van der Waals surface area (Å²) in [5.74, 6) is 2.22. The van der Waals surface area contributed by atoms with Gasteiger partial charge >= 0.3 is 0 Å². The number of rotatable bonds is 40. The van der Waals surface area contributed by atoms with E-state index in [0.717, 1.165) is 49.7 Å². The van der Waals surface area contributed by atoms with Gasteiger partial charge in [-0.2, -0.15) is 0 Å². The molecule has 1 aromatic heterocycles. The van der Waals surface area contributed by atoms with Gasteiger partial charge in [-0.15, -0.1) is 0 Å². The molecular formula is C54H87NO6. The highest BCUT2D eigenvalue weighted by atomic mass is 16.5. The summed E-state index contributed by atoms with van der Waals surface area (Å²) in [7, 11) is 0. The van der Waals surface area contributed by atoms with E-state index in [4.69, 9.17) is 18.9 Å². The van der Waals surface area contributed by atoms with Crippen LogP contribution in [0.15, 0.2) is 48.7 Å². The zero-order chi connectivity index (χ0) is 43.4. The summed E-state index contributed by atoms with van der Waals surface area (Å²) in [5, 5.41) is 20.1. The zero-order valence-electron chi connectivity index (χ0n) is 39.1. The fourth-order valence-corrected chi connectivity index (χ4v) is 7.95. The molecule has 0 amide bonds. The van der Waals surface area contributed by atoms with E-state index >= 15 is 0 Å². The number of nitrogens with zero attached hydrogens (tertiary/aromatic N) is 1. The highest BCUT2D eigenvalue weighted by molar-refractivity contribution is 5.71. The number of benzene rings is 2. The third kappa shape index (κ3) is 23.4. The molecule has 0 radical (unpaired) electrons. The van der Waals surface area contributed by atoms with Crippen molar-refractivity contribution in [3.63, 3.8) is 0 Å². The molecule has 0 unspecified atom stereocenters. The molecule has 0 atom stereocenters. The Morgan fingerprint density at radius 2 is 0.836 bits per heavy atom. The molecule has 61 heavy (non-hydrogen) atoms. The van der Waals surface area contributed by atoms with Gasteiger partial charge in [0, 0.05) is 11.8 Å². The zero-order valence-corrected chi connectivity index (χ0v) is 39.1. The van der Waals surface area contributed by atoms with Gasteiger partial charge < -0.3 is 29.2 Å². The van der Waals surface area contributed by atoms with E-state index in [-0.39, 0.29) is 18.1 Å². The topological polar surface area (TPSA) is 90.3 Å². The van der Waals surface area contributed by atoms with E-state index in [0.29, 0.717) is 48.5 Å². The molecule has 344 valence electrons. The summed E-state index contributed by atoms with van der Waals surface area (Å²) in [6.45, 7) is 8.96. The summed E-state index contributed by atoms with van der Waals surface area (Å²) < 4.78 is 26.2. The van der Waals surface area contributed by atoms with Crippen LogP contribution < -0.4 is 18.9 Å². The second kappa shape index (κ2) is 34.9. The molecule has 0 aliphatic heterocycles. The summed E-state index contributed by atoms with van der Waals surface area (Å²) in [5.41, 5.74) is 2.34. The van der Waals surface area contributed by atoms with Crippen molar-refractivity contribution in [2.75, 3.05) is 19.8 Å². The van der Waals surface area contributed by atoms with Crippen molar-refractivity contribution >= 4 is 0 Å². The smallest absolute Gasteiger partial charge is 0.221 e. The van der Waals surface area contributed by atoms with E-state index in [1.165, 1.54) is 166 Å². The number of hydrogen-bond acceptors (Lipinski definition) is 7. The minimum atomic E-state index is -0.186. The Bertz CT molecular complexity index is 1460. The lowest BCUT2D eigenvalue weighted by atomic mass is 10.1. The van der Waals surface area contributed by atoms with Crippen molar-refractivity contribution in [3.8, 4) is 45.8 Å².